The zero-order valence-corrected chi connectivity index (χ0v) is 13.7. The van der Waals surface area contributed by atoms with E-state index >= 15 is 0 Å². The van der Waals surface area contributed by atoms with Gasteiger partial charge in [0.05, 0.1) is 12.1 Å². The molecular weight excluding hydrogens is 345 g/mol. The second kappa shape index (κ2) is 5.72. The summed E-state index contributed by atoms with van der Waals surface area (Å²) >= 11 is 0. The zero-order chi connectivity index (χ0) is 18.5. The Hall–Kier alpha value is -3.09. The zero-order valence-electron chi connectivity index (χ0n) is 13.7. The van der Waals surface area contributed by atoms with Crippen LogP contribution in [0.2, 0.25) is 0 Å². The van der Waals surface area contributed by atoms with Gasteiger partial charge in [-0.15, -0.1) is 0 Å². The number of alkyl halides is 3. The first-order valence-electron chi connectivity index (χ1n) is 7.94. The Labute approximate surface area is 146 Å². The number of hydrogen-bond donors (Lipinski definition) is 0. The molecule has 2 heterocycles. The number of para-hydroxylation sites is 2. The fourth-order valence-electron chi connectivity index (χ4n) is 3.36. The first-order valence-corrected chi connectivity index (χ1v) is 7.94. The molecule has 132 valence electrons. The van der Waals surface area contributed by atoms with Crippen molar-refractivity contribution in [1.82, 2.24) is 4.57 Å². The summed E-state index contributed by atoms with van der Waals surface area (Å²) in [5.41, 5.74) is 3.45. The molecule has 0 fully saturated rings. The van der Waals surface area contributed by atoms with Crippen LogP contribution in [0.4, 0.5) is 13.2 Å². The molecule has 2 aromatic carbocycles. The molecule has 0 saturated heterocycles. The summed E-state index contributed by atoms with van der Waals surface area (Å²) in [4.78, 5) is 15.2. The molecule has 7 heteroatoms. The lowest BCUT2D eigenvalue weighted by atomic mass is 9.96. The summed E-state index contributed by atoms with van der Waals surface area (Å²) < 4.78 is 39.4. The lowest BCUT2D eigenvalue weighted by molar-refractivity contribution is -0.199. The molecular formula is C19H13F3N2O2. The molecule has 0 saturated carbocycles. The molecule has 4 rings (SSSR count). The molecule has 0 radical (unpaired) electrons. The van der Waals surface area contributed by atoms with Crippen molar-refractivity contribution >= 4 is 33.5 Å². The van der Waals surface area contributed by atoms with Gasteiger partial charge in [-0.1, -0.05) is 47.6 Å². The van der Waals surface area contributed by atoms with Crippen LogP contribution < -0.4 is 0 Å². The van der Waals surface area contributed by atoms with Gasteiger partial charge >= 0.3 is 12.1 Å². The molecule has 3 aromatic rings. The Kier molecular flexibility index (Phi) is 3.61. The number of carbonyl (C=O) groups excluding carboxylic acids is 1. The number of halogens is 3. The van der Waals surface area contributed by atoms with E-state index in [-0.39, 0.29) is 5.71 Å². The number of allylic oxidation sites excluding steroid dienone is 2. The highest BCUT2D eigenvalue weighted by Gasteiger charge is 2.42. The number of rotatable bonds is 1. The second-order valence-electron chi connectivity index (χ2n) is 5.94. The van der Waals surface area contributed by atoms with Crippen LogP contribution in [0.5, 0.6) is 0 Å². The van der Waals surface area contributed by atoms with Crippen molar-refractivity contribution in [3.63, 3.8) is 0 Å². The highest BCUT2D eigenvalue weighted by molar-refractivity contribution is 6.24. The number of oxime groups is 1. The third-order valence-corrected chi connectivity index (χ3v) is 4.48. The van der Waals surface area contributed by atoms with Crippen LogP contribution in [0.1, 0.15) is 12.5 Å². The van der Waals surface area contributed by atoms with Gasteiger partial charge in [-0.3, -0.25) is 0 Å². The van der Waals surface area contributed by atoms with Gasteiger partial charge in [0.25, 0.3) is 0 Å². The SMILES string of the molecule is C/C=C1\Cn2c3ccccc3c3cccc(c32)\C1=N\OC(=O)C(F)(F)F. The summed E-state index contributed by atoms with van der Waals surface area (Å²) in [6.45, 7) is 2.20. The van der Waals surface area contributed by atoms with Gasteiger partial charge < -0.3 is 9.40 Å². The minimum absolute atomic E-state index is 0.242. The fraction of sp³-hybridized carbons (Fsp3) is 0.158. The van der Waals surface area contributed by atoms with Crippen molar-refractivity contribution in [2.24, 2.45) is 5.16 Å². The third kappa shape index (κ3) is 2.39. The smallest absolute Gasteiger partial charge is 0.335 e. The average molecular weight is 358 g/mol. The maximum absolute atomic E-state index is 12.4. The van der Waals surface area contributed by atoms with Crippen molar-refractivity contribution < 1.29 is 22.8 Å². The fourth-order valence-corrected chi connectivity index (χ4v) is 3.36. The van der Waals surface area contributed by atoms with E-state index in [1.807, 2.05) is 36.4 Å². The molecule has 0 N–H and O–H groups in total. The molecule has 0 amide bonds. The summed E-state index contributed by atoms with van der Waals surface area (Å²) in [7, 11) is 0. The van der Waals surface area contributed by atoms with E-state index in [4.69, 9.17) is 0 Å². The van der Waals surface area contributed by atoms with Crippen molar-refractivity contribution in [1.29, 1.82) is 0 Å². The van der Waals surface area contributed by atoms with E-state index < -0.39 is 12.1 Å². The van der Waals surface area contributed by atoms with E-state index in [1.165, 1.54) is 0 Å². The molecule has 0 atom stereocenters. The van der Waals surface area contributed by atoms with E-state index in [0.717, 1.165) is 21.8 Å². The normalized spacial score (nSPS) is 17.4. The number of fused-ring (bicyclic) bond motifs is 3. The van der Waals surface area contributed by atoms with E-state index in [1.54, 1.807) is 19.1 Å². The number of aromatic nitrogens is 1. The molecule has 0 unspecified atom stereocenters. The third-order valence-electron chi connectivity index (χ3n) is 4.48. The van der Waals surface area contributed by atoms with E-state index in [9.17, 15) is 18.0 Å². The predicted molar refractivity (Wildman–Crippen MR) is 91.9 cm³/mol. The molecule has 0 aliphatic carbocycles. The lowest BCUT2D eigenvalue weighted by Gasteiger charge is -2.21. The first kappa shape index (κ1) is 16.4. The van der Waals surface area contributed by atoms with Crippen LogP contribution in [0.15, 0.2) is 59.3 Å². The summed E-state index contributed by atoms with van der Waals surface area (Å²) in [5.74, 6) is -2.33. The summed E-state index contributed by atoms with van der Waals surface area (Å²) in [6.07, 6.45) is -3.33. The second-order valence-corrected chi connectivity index (χ2v) is 5.94. The Morgan fingerprint density at radius 3 is 2.62 bits per heavy atom. The Balaban J connectivity index is 1.95. The van der Waals surface area contributed by atoms with E-state index in [0.29, 0.717) is 17.7 Å². The van der Waals surface area contributed by atoms with Crippen molar-refractivity contribution in [2.45, 2.75) is 19.6 Å². The number of hydrogen-bond acceptors (Lipinski definition) is 3. The first-order chi connectivity index (χ1) is 12.4. The van der Waals surface area contributed by atoms with Gasteiger partial charge in [0.15, 0.2) is 0 Å². The molecule has 1 aromatic heterocycles. The minimum Gasteiger partial charge on any atom is -0.335 e. The monoisotopic (exact) mass is 358 g/mol. The van der Waals surface area contributed by atoms with Crippen LogP contribution in [0.3, 0.4) is 0 Å². The van der Waals surface area contributed by atoms with Gasteiger partial charge in [0.2, 0.25) is 0 Å². The quantitative estimate of drug-likeness (QED) is 0.473. The summed E-state index contributed by atoms with van der Waals surface area (Å²) in [6, 6.07) is 13.4. The highest BCUT2D eigenvalue weighted by atomic mass is 19.4. The number of benzene rings is 2. The largest absolute Gasteiger partial charge is 0.493 e. The van der Waals surface area contributed by atoms with Crippen molar-refractivity contribution in [3.8, 4) is 0 Å². The van der Waals surface area contributed by atoms with Gasteiger partial charge in [-0.05, 0) is 18.6 Å². The molecule has 4 nitrogen and oxygen atoms in total. The lowest BCUT2D eigenvalue weighted by Crippen LogP contribution is -2.25. The molecule has 0 bridgehead atoms. The van der Waals surface area contributed by atoms with Crippen LogP contribution in [-0.4, -0.2) is 22.4 Å². The molecule has 1 aliphatic rings. The van der Waals surface area contributed by atoms with Gasteiger partial charge in [-0.25, -0.2) is 4.79 Å². The van der Waals surface area contributed by atoms with Crippen LogP contribution in [0, 0.1) is 0 Å². The van der Waals surface area contributed by atoms with Gasteiger partial charge in [0, 0.05) is 21.9 Å². The van der Waals surface area contributed by atoms with Gasteiger partial charge in [0.1, 0.15) is 5.71 Å². The van der Waals surface area contributed by atoms with Crippen LogP contribution in [0.25, 0.3) is 21.8 Å². The molecule has 26 heavy (non-hydrogen) atoms. The van der Waals surface area contributed by atoms with Crippen molar-refractivity contribution in [3.05, 3.63) is 59.7 Å². The Morgan fingerprint density at radius 2 is 1.88 bits per heavy atom. The Bertz CT molecular complexity index is 1110. The maximum Gasteiger partial charge on any atom is 0.493 e. The van der Waals surface area contributed by atoms with E-state index in [2.05, 4.69) is 14.6 Å². The number of carbonyl (C=O) groups is 1. The topological polar surface area (TPSA) is 43.6 Å². The summed E-state index contributed by atoms with van der Waals surface area (Å²) in [5, 5.41) is 5.59. The predicted octanol–water partition coefficient (Wildman–Crippen LogP) is 4.56. The minimum atomic E-state index is -5.09. The molecule has 0 spiro atoms. The van der Waals surface area contributed by atoms with Gasteiger partial charge in [-0.2, -0.15) is 13.2 Å². The van der Waals surface area contributed by atoms with Crippen LogP contribution in [-0.2, 0) is 16.2 Å². The van der Waals surface area contributed by atoms with Crippen molar-refractivity contribution in [2.75, 3.05) is 0 Å². The highest BCUT2D eigenvalue weighted by Crippen LogP contribution is 2.36. The Morgan fingerprint density at radius 1 is 1.15 bits per heavy atom. The molecule has 1 aliphatic heterocycles. The number of nitrogens with zero attached hydrogens (tertiary/aromatic N) is 2. The maximum atomic E-state index is 12.4. The standard InChI is InChI=1S/C19H13F3N2O2/c1-2-11-10-24-15-9-4-3-6-12(15)13-7-5-8-14(17(13)24)16(11)23-26-18(25)19(20,21)22/h2-9H,10H2,1H3/b11-2+,23-16+. The van der Waals surface area contributed by atoms with Crippen LogP contribution >= 0.6 is 0 Å². The average Bonchev–Trinajstić information content (AvgIpc) is 2.95.